The SMILES string of the molecule is C[C@@H](C(=O)[C@H](NC(=O)OC(C)(C)C)c1ccc(F)cc1)c1ccc(F)cc1. The fraction of sp³-hybridized carbons (Fsp3) is 0.333. The summed E-state index contributed by atoms with van der Waals surface area (Å²) in [7, 11) is 0. The third-order valence-electron chi connectivity index (χ3n) is 3.95. The number of carbonyl (C=O) groups excluding carboxylic acids is 2. The molecule has 2 aromatic rings. The van der Waals surface area contributed by atoms with Crippen LogP contribution < -0.4 is 5.32 Å². The highest BCUT2D eigenvalue weighted by molar-refractivity contribution is 5.93. The van der Waals surface area contributed by atoms with Gasteiger partial charge in [0.2, 0.25) is 0 Å². The van der Waals surface area contributed by atoms with Crippen LogP contribution in [0.5, 0.6) is 0 Å². The standard InChI is InChI=1S/C21H23F2NO3/c1-13(14-5-9-16(22)10-6-14)19(25)18(15-7-11-17(23)12-8-15)24-20(26)27-21(2,3)4/h5-13,18H,1-4H3,(H,24,26)/t13-,18-/m1/s1. The van der Waals surface area contributed by atoms with Gasteiger partial charge in [0.15, 0.2) is 5.78 Å². The molecule has 144 valence electrons. The van der Waals surface area contributed by atoms with Crippen LogP contribution in [-0.4, -0.2) is 17.5 Å². The van der Waals surface area contributed by atoms with Crippen molar-refractivity contribution in [2.75, 3.05) is 0 Å². The number of halogens is 2. The normalized spacial score (nSPS) is 13.6. The predicted octanol–water partition coefficient (Wildman–Crippen LogP) is 4.90. The van der Waals surface area contributed by atoms with Gasteiger partial charge in [-0.05, 0) is 56.2 Å². The number of alkyl carbamates (subject to hydrolysis) is 1. The molecule has 1 N–H and O–H groups in total. The average Bonchev–Trinajstić information content (AvgIpc) is 2.58. The van der Waals surface area contributed by atoms with Gasteiger partial charge in [-0.3, -0.25) is 4.79 Å². The molecular formula is C21H23F2NO3. The van der Waals surface area contributed by atoms with Crippen molar-refractivity contribution in [1.29, 1.82) is 0 Å². The third-order valence-corrected chi connectivity index (χ3v) is 3.95. The molecule has 2 atom stereocenters. The number of ether oxygens (including phenoxy) is 1. The summed E-state index contributed by atoms with van der Waals surface area (Å²) >= 11 is 0. The second kappa shape index (κ2) is 8.29. The summed E-state index contributed by atoms with van der Waals surface area (Å²) in [6.07, 6.45) is -0.753. The lowest BCUT2D eigenvalue weighted by atomic mass is 9.89. The Kier molecular flexibility index (Phi) is 6.31. The van der Waals surface area contributed by atoms with E-state index in [9.17, 15) is 18.4 Å². The highest BCUT2D eigenvalue weighted by Gasteiger charge is 2.29. The maximum atomic E-state index is 13.3. The minimum Gasteiger partial charge on any atom is -0.444 e. The number of hydrogen-bond acceptors (Lipinski definition) is 3. The first kappa shape index (κ1) is 20.6. The molecule has 0 heterocycles. The van der Waals surface area contributed by atoms with Gasteiger partial charge < -0.3 is 10.1 Å². The lowest BCUT2D eigenvalue weighted by Crippen LogP contribution is -2.39. The molecule has 0 bridgehead atoms. The zero-order valence-corrected chi connectivity index (χ0v) is 15.8. The van der Waals surface area contributed by atoms with Crippen molar-refractivity contribution in [2.24, 2.45) is 0 Å². The molecule has 0 aliphatic rings. The van der Waals surface area contributed by atoms with Gasteiger partial charge in [0.05, 0.1) is 0 Å². The van der Waals surface area contributed by atoms with Crippen LogP contribution in [0.25, 0.3) is 0 Å². The number of ketones is 1. The number of hydrogen-bond donors (Lipinski definition) is 1. The summed E-state index contributed by atoms with van der Waals surface area (Å²) in [5.41, 5.74) is 0.309. The van der Waals surface area contributed by atoms with E-state index in [2.05, 4.69) is 5.32 Å². The minimum atomic E-state index is -1.03. The van der Waals surface area contributed by atoms with E-state index in [0.717, 1.165) is 0 Å². The summed E-state index contributed by atoms with van der Waals surface area (Å²) < 4.78 is 31.7. The highest BCUT2D eigenvalue weighted by atomic mass is 19.1. The Morgan fingerprint density at radius 3 is 1.78 bits per heavy atom. The van der Waals surface area contributed by atoms with Crippen LogP contribution in [0.4, 0.5) is 13.6 Å². The topological polar surface area (TPSA) is 55.4 Å². The molecule has 2 aromatic carbocycles. The van der Waals surface area contributed by atoms with E-state index in [1.54, 1.807) is 27.7 Å². The Morgan fingerprint density at radius 2 is 1.33 bits per heavy atom. The Balaban J connectivity index is 2.30. The number of Topliss-reactive ketones (excluding diaryl/α,β-unsaturated/α-hetero) is 1. The van der Waals surface area contributed by atoms with Gasteiger partial charge in [0.1, 0.15) is 23.3 Å². The maximum Gasteiger partial charge on any atom is 0.408 e. The average molecular weight is 375 g/mol. The summed E-state index contributed by atoms with van der Waals surface area (Å²) in [6, 6.07) is 9.87. The Bertz CT molecular complexity index is 796. The van der Waals surface area contributed by atoms with E-state index in [-0.39, 0.29) is 5.78 Å². The lowest BCUT2D eigenvalue weighted by Gasteiger charge is -2.25. The molecule has 0 unspecified atom stereocenters. The van der Waals surface area contributed by atoms with Gasteiger partial charge in [-0.25, -0.2) is 13.6 Å². The zero-order valence-electron chi connectivity index (χ0n) is 15.8. The van der Waals surface area contributed by atoms with E-state index in [1.165, 1.54) is 48.5 Å². The first-order valence-electron chi connectivity index (χ1n) is 8.61. The van der Waals surface area contributed by atoms with Crippen LogP contribution in [0.1, 0.15) is 50.8 Å². The summed E-state index contributed by atoms with van der Waals surface area (Å²) in [4.78, 5) is 25.3. The summed E-state index contributed by atoms with van der Waals surface area (Å²) in [6.45, 7) is 6.80. The molecule has 2 rings (SSSR count). The van der Waals surface area contributed by atoms with Crippen molar-refractivity contribution >= 4 is 11.9 Å². The molecule has 0 fully saturated rings. The molecule has 6 heteroatoms. The number of amides is 1. The van der Waals surface area contributed by atoms with Gasteiger partial charge in [-0.15, -0.1) is 0 Å². The van der Waals surface area contributed by atoms with E-state index in [4.69, 9.17) is 4.74 Å². The van der Waals surface area contributed by atoms with Gasteiger partial charge >= 0.3 is 6.09 Å². The monoisotopic (exact) mass is 375 g/mol. The molecule has 0 aliphatic heterocycles. The smallest absolute Gasteiger partial charge is 0.408 e. The predicted molar refractivity (Wildman–Crippen MR) is 98.3 cm³/mol. The largest absolute Gasteiger partial charge is 0.444 e. The van der Waals surface area contributed by atoms with Crippen LogP contribution in [0.15, 0.2) is 48.5 Å². The van der Waals surface area contributed by atoms with E-state index in [1.807, 2.05) is 0 Å². The van der Waals surface area contributed by atoms with Crippen LogP contribution >= 0.6 is 0 Å². The Morgan fingerprint density at radius 1 is 0.889 bits per heavy atom. The first-order chi connectivity index (χ1) is 12.6. The van der Waals surface area contributed by atoms with E-state index < -0.39 is 35.3 Å². The second-order valence-corrected chi connectivity index (χ2v) is 7.31. The molecule has 0 spiro atoms. The van der Waals surface area contributed by atoms with Gasteiger partial charge in [-0.2, -0.15) is 0 Å². The third kappa shape index (κ3) is 5.88. The van der Waals surface area contributed by atoms with Crippen LogP contribution in [-0.2, 0) is 9.53 Å². The van der Waals surface area contributed by atoms with Crippen LogP contribution in [0, 0.1) is 11.6 Å². The highest BCUT2D eigenvalue weighted by Crippen LogP contribution is 2.26. The van der Waals surface area contributed by atoms with Crippen molar-refractivity contribution in [3.8, 4) is 0 Å². The quantitative estimate of drug-likeness (QED) is 0.808. The van der Waals surface area contributed by atoms with Crippen LogP contribution in [0.2, 0.25) is 0 Å². The van der Waals surface area contributed by atoms with E-state index >= 15 is 0 Å². The second-order valence-electron chi connectivity index (χ2n) is 7.31. The molecule has 0 aromatic heterocycles. The molecule has 0 saturated carbocycles. The number of nitrogens with one attached hydrogen (secondary N) is 1. The molecule has 1 amide bonds. The molecule has 27 heavy (non-hydrogen) atoms. The van der Waals surface area contributed by atoms with Gasteiger partial charge in [0, 0.05) is 5.92 Å². The number of carbonyl (C=O) groups is 2. The van der Waals surface area contributed by atoms with Crippen molar-refractivity contribution in [3.05, 3.63) is 71.3 Å². The Hall–Kier alpha value is -2.76. The molecule has 4 nitrogen and oxygen atoms in total. The number of rotatable bonds is 5. The molecule has 0 radical (unpaired) electrons. The lowest BCUT2D eigenvalue weighted by molar-refractivity contribution is -0.122. The Labute approximate surface area is 157 Å². The zero-order chi connectivity index (χ0) is 20.2. The first-order valence-corrected chi connectivity index (χ1v) is 8.61. The maximum absolute atomic E-state index is 13.3. The fourth-order valence-corrected chi connectivity index (χ4v) is 2.57. The van der Waals surface area contributed by atoms with Gasteiger partial charge in [0.25, 0.3) is 0 Å². The molecule has 0 aliphatic carbocycles. The van der Waals surface area contributed by atoms with Crippen molar-refractivity contribution < 1.29 is 23.1 Å². The van der Waals surface area contributed by atoms with Crippen molar-refractivity contribution in [2.45, 2.75) is 45.3 Å². The molecule has 0 saturated heterocycles. The van der Waals surface area contributed by atoms with Crippen molar-refractivity contribution in [3.63, 3.8) is 0 Å². The van der Waals surface area contributed by atoms with E-state index in [0.29, 0.717) is 11.1 Å². The summed E-state index contributed by atoms with van der Waals surface area (Å²) in [5.74, 6) is -1.79. The van der Waals surface area contributed by atoms with Crippen LogP contribution in [0.3, 0.4) is 0 Å². The number of benzene rings is 2. The fourth-order valence-electron chi connectivity index (χ4n) is 2.57. The molecular weight excluding hydrogens is 352 g/mol. The minimum absolute atomic E-state index is 0.320. The van der Waals surface area contributed by atoms with Gasteiger partial charge in [-0.1, -0.05) is 31.2 Å². The van der Waals surface area contributed by atoms with Crippen molar-refractivity contribution in [1.82, 2.24) is 5.32 Å². The summed E-state index contributed by atoms with van der Waals surface area (Å²) in [5, 5.41) is 2.56.